The van der Waals surface area contributed by atoms with Crippen LogP contribution < -0.4 is 5.32 Å². The zero-order chi connectivity index (χ0) is 9.52. The summed E-state index contributed by atoms with van der Waals surface area (Å²) in [5.41, 5.74) is 1.34. The van der Waals surface area contributed by atoms with E-state index < -0.39 is 0 Å². The Balaban J connectivity index is 2.06. The number of hydrogen-bond acceptors (Lipinski definition) is 3. The molecule has 1 aromatic rings. The lowest BCUT2D eigenvalue weighted by molar-refractivity contribution is 0.194. The largest absolute Gasteiger partial charge is 0.385 e. The van der Waals surface area contributed by atoms with Crippen molar-refractivity contribution in [3.63, 3.8) is 0 Å². The zero-order valence-electron chi connectivity index (χ0n) is 7.68. The first-order valence-corrected chi connectivity index (χ1v) is 5.93. The van der Waals surface area contributed by atoms with Crippen LogP contribution in [0.15, 0.2) is 15.2 Å². The number of nitrogens with one attached hydrogen (secondary N) is 1. The highest BCUT2D eigenvalue weighted by molar-refractivity contribution is 9.11. The zero-order valence-corrected chi connectivity index (χ0v) is 10.1. The van der Waals surface area contributed by atoms with Crippen molar-refractivity contribution in [3.8, 4) is 0 Å². The predicted molar refractivity (Wildman–Crippen MR) is 60.2 cm³/mol. The standard InChI is InChI=1S/C9H14BrNOS/c1-12-4-2-3-11-6-8-5-9(10)13-7-8/h5,7,11H,2-4,6H2,1H3. The van der Waals surface area contributed by atoms with Gasteiger partial charge in [0.15, 0.2) is 0 Å². The molecule has 0 radical (unpaired) electrons. The lowest BCUT2D eigenvalue weighted by atomic mass is 10.3. The Morgan fingerprint density at radius 2 is 2.46 bits per heavy atom. The van der Waals surface area contributed by atoms with Crippen LogP contribution in [-0.4, -0.2) is 20.3 Å². The molecule has 0 amide bonds. The van der Waals surface area contributed by atoms with E-state index in [1.165, 1.54) is 9.35 Å². The summed E-state index contributed by atoms with van der Waals surface area (Å²) >= 11 is 5.16. The highest BCUT2D eigenvalue weighted by Gasteiger charge is 1.95. The van der Waals surface area contributed by atoms with Crippen molar-refractivity contribution in [2.75, 3.05) is 20.3 Å². The lowest BCUT2D eigenvalue weighted by Crippen LogP contribution is -2.15. The number of ether oxygens (including phenoxy) is 1. The van der Waals surface area contributed by atoms with E-state index in [-0.39, 0.29) is 0 Å². The van der Waals surface area contributed by atoms with Crippen LogP contribution in [0.2, 0.25) is 0 Å². The van der Waals surface area contributed by atoms with E-state index in [0.717, 1.165) is 26.1 Å². The molecule has 1 rings (SSSR count). The Morgan fingerprint density at radius 3 is 3.08 bits per heavy atom. The van der Waals surface area contributed by atoms with Crippen LogP contribution in [0.5, 0.6) is 0 Å². The topological polar surface area (TPSA) is 21.3 Å². The first kappa shape index (κ1) is 11.2. The summed E-state index contributed by atoms with van der Waals surface area (Å²) in [6, 6.07) is 2.15. The molecule has 1 heterocycles. The molecule has 0 aromatic carbocycles. The maximum Gasteiger partial charge on any atom is 0.0701 e. The predicted octanol–water partition coefficient (Wildman–Crippen LogP) is 2.64. The van der Waals surface area contributed by atoms with Crippen LogP contribution >= 0.6 is 27.3 Å². The van der Waals surface area contributed by atoms with Crippen LogP contribution in [0.3, 0.4) is 0 Å². The summed E-state index contributed by atoms with van der Waals surface area (Å²) in [7, 11) is 1.73. The van der Waals surface area contributed by atoms with E-state index in [1.807, 2.05) is 0 Å². The van der Waals surface area contributed by atoms with E-state index >= 15 is 0 Å². The number of methoxy groups -OCH3 is 1. The van der Waals surface area contributed by atoms with Crippen LogP contribution in [0.25, 0.3) is 0 Å². The van der Waals surface area contributed by atoms with E-state index in [0.29, 0.717) is 0 Å². The molecule has 0 saturated heterocycles. The van der Waals surface area contributed by atoms with Gasteiger partial charge in [-0.25, -0.2) is 0 Å². The quantitative estimate of drug-likeness (QED) is 0.797. The van der Waals surface area contributed by atoms with Crippen molar-refractivity contribution >= 4 is 27.3 Å². The van der Waals surface area contributed by atoms with Gasteiger partial charge in [-0.15, -0.1) is 11.3 Å². The minimum atomic E-state index is 0.834. The minimum Gasteiger partial charge on any atom is -0.385 e. The second kappa shape index (κ2) is 6.54. The summed E-state index contributed by atoms with van der Waals surface area (Å²) in [6.45, 7) is 2.80. The molecule has 1 N–H and O–H groups in total. The summed E-state index contributed by atoms with van der Waals surface area (Å²) in [5, 5.41) is 5.52. The van der Waals surface area contributed by atoms with Gasteiger partial charge in [0.05, 0.1) is 3.79 Å². The molecule has 0 fully saturated rings. The van der Waals surface area contributed by atoms with Crippen molar-refractivity contribution in [2.45, 2.75) is 13.0 Å². The van der Waals surface area contributed by atoms with Crippen LogP contribution in [-0.2, 0) is 11.3 Å². The van der Waals surface area contributed by atoms with Crippen LogP contribution in [0.4, 0.5) is 0 Å². The van der Waals surface area contributed by atoms with Gasteiger partial charge in [-0.1, -0.05) is 0 Å². The smallest absolute Gasteiger partial charge is 0.0701 e. The van der Waals surface area contributed by atoms with Gasteiger partial charge in [-0.2, -0.15) is 0 Å². The molecule has 13 heavy (non-hydrogen) atoms. The Hall–Kier alpha value is 0.100. The highest BCUT2D eigenvalue weighted by Crippen LogP contribution is 2.20. The third-order valence-electron chi connectivity index (χ3n) is 1.65. The van der Waals surface area contributed by atoms with E-state index in [4.69, 9.17) is 4.74 Å². The average Bonchev–Trinajstić information content (AvgIpc) is 2.51. The molecule has 0 saturated carbocycles. The normalized spacial score (nSPS) is 10.6. The lowest BCUT2D eigenvalue weighted by Gasteiger charge is -2.01. The molecular formula is C9H14BrNOS. The third kappa shape index (κ3) is 4.76. The second-order valence-electron chi connectivity index (χ2n) is 2.78. The number of hydrogen-bond donors (Lipinski definition) is 1. The fraction of sp³-hybridized carbons (Fsp3) is 0.556. The summed E-state index contributed by atoms with van der Waals surface area (Å²) < 4.78 is 6.15. The van der Waals surface area contributed by atoms with Crippen molar-refractivity contribution in [3.05, 3.63) is 20.8 Å². The molecule has 2 nitrogen and oxygen atoms in total. The molecule has 4 heteroatoms. The highest BCUT2D eigenvalue weighted by atomic mass is 79.9. The molecule has 0 unspecified atom stereocenters. The first-order valence-electron chi connectivity index (χ1n) is 4.25. The molecule has 74 valence electrons. The maximum atomic E-state index is 4.95. The SMILES string of the molecule is COCCCNCc1csc(Br)c1. The van der Waals surface area contributed by atoms with E-state index in [1.54, 1.807) is 18.4 Å². The van der Waals surface area contributed by atoms with Gasteiger partial charge < -0.3 is 10.1 Å². The second-order valence-corrected chi connectivity index (χ2v) is 5.07. The van der Waals surface area contributed by atoms with Gasteiger partial charge in [0.2, 0.25) is 0 Å². The summed E-state index contributed by atoms with van der Waals surface area (Å²) in [5.74, 6) is 0. The minimum absolute atomic E-state index is 0.834. The molecule has 0 aliphatic carbocycles. The molecular weight excluding hydrogens is 250 g/mol. The molecule has 0 aliphatic heterocycles. The number of rotatable bonds is 6. The molecule has 0 atom stereocenters. The molecule has 0 bridgehead atoms. The Labute approximate surface area is 91.4 Å². The van der Waals surface area contributed by atoms with Gasteiger partial charge in [0.1, 0.15) is 0 Å². The monoisotopic (exact) mass is 263 g/mol. The third-order valence-corrected chi connectivity index (χ3v) is 3.21. The van der Waals surface area contributed by atoms with E-state index in [2.05, 4.69) is 32.7 Å². The fourth-order valence-electron chi connectivity index (χ4n) is 1.01. The van der Waals surface area contributed by atoms with Crippen molar-refractivity contribution in [1.29, 1.82) is 0 Å². The first-order chi connectivity index (χ1) is 6.33. The van der Waals surface area contributed by atoms with E-state index in [9.17, 15) is 0 Å². The van der Waals surface area contributed by atoms with Gasteiger partial charge in [-0.3, -0.25) is 0 Å². The Morgan fingerprint density at radius 1 is 1.62 bits per heavy atom. The average molecular weight is 264 g/mol. The maximum absolute atomic E-state index is 4.95. The van der Waals surface area contributed by atoms with Crippen LogP contribution in [0.1, 0.15) is 12.0 Å². The van der Waals surface area contributed by atoms with Crippen LogP contribution in [0, 0.1) is 0 Å². The van der Waals surface area contributed by atoms with Gasteiger partial charge >= 0.3 is 0 Å². The van der Waals surface area contributed by atoms with Gasteiger partial charge in [-0.05, 0) is 45.9 Å². The van der Waals surface area contributed by atoms with Crippen molar-refractivity contribution in [2.24, 2.45) is 0 Å². The Bertz CT molecular complexity index is 239. The summed E-state index contributed by atoms with van der Waals surface area (Å²) in [6.07, 6.45) is 1.07. The Kier molecular flexibility index (Phi) is 5.62. The summed E-state index contributed by atoms with van der Waals surface area (Å²) in [4.78, 5) is 0. The number of halogens is 1. The van der Waals surface area contributed by atoms with Gasteiger partial charge in [0, 0.05) is 20.3 Å². The molecule has 1 aromatic heterocycles. The number of thiophene rings is 1. The van der Waals surface area contributed by atoms with Gasteiger partial charge in [0.25, 0.3) is 0 Å². The molecule has 0 aliphatic rings. The van der Waals surface area contributed by atoms with Crippen molar-refractivity contribution < 1.29 is 4.74 Å². The molecule has 0 spiro atoms. The van der Waals surface area contributed by atoms with Crippen molar-refractivity contribution in [1.82, 2.24) is 5.32 Å². The fourth-order valence-corrected chi connectivity index (χ4v) is 2.22.